The van der Waals surface area contributed by atoms with E-state index in [0.29, 0.717) is 12.4 Å². The predicted molar refractivity (Wildman–Crippen MR) is 96.2 cm³/mol. The van der Waals surface area contributed by atoms with E-state index in [0.717, 1.165) is 24.6 Å². The van der Waals surface area contributed by atoms with E-state index < -0.39 is 18.1 Å². The Balaban J connectivity index is 3.63. The topological polar surface area (TPSA) is 131 Å². The van der Waals surface area contributed by atoms with Gasteiger partial charge in [-0.15, -0.1) is 0 Å². The van der Waals surface area contributed by atoms with Crippen LogP contribution in [0.1, 0.15) is 33.1 Å². The molecule has 0 amide bonds. The van der Waals surface area contributed by atoms with Crippen LogP contribution >= 0.6 is 11.8 Å². The van der Waals surface area contributed by atoms with Crippen LogP contribution in [0, 0.1) is 0 Å². The fraction of sp³-hybridized carbons (Fsp3) is 0.812. The molecule has 9 heteroatoms. The molecule has 0 aromatic carbocycles. The first-order valence-corrected chi connectivity index (χ1v) is 9.36. The summed E-state index contributed by atoms with van der Waals surface area (Å²) in [7, 11) is 0. The van der Waals surface area contributed by atoms with E-state index in [2.05, 4.69) is 0 Å². The maximum absolute atomic E-state index is 11.7. The lowest BCUT2D eigenvalue weighted by molar-refractivity contribution is -0.147. The van der Waals surface area contributed by atoms with E-state index in [4.69, 9.17) is 25.7 Å². The smallest absolute Gasteiger partial charge is 0.325 e. The molecule has 0 saturated heterocycles. The maximum Gasteiger partial charge on any atom is 0.325 e. The summed E-state index contributed by atoms with van der Waals surface area (Å²) in [6, 6.07) is -1.54. The number of thioether (sulfide) groups is 1. The lowest BCUT2D eigenvalue weighted by Gasteiger charge is -2.13. The van der Waals surface area contributed by atoms with Gasteiger partial charge in [0.15, 0.2) is 10.9 Å². The zero-order chi connectivity index (χ0) is 19.1. The van der Waals surface area contributed by atoms with Gasteiger partial charge in [0.1, 0.15) is 6.04 Å². The van der Waals surface area contributed by atoms with Gasteiger partial charge in [-0.25, -0.2) is 0 Å². The van der Waals surface area contributed by atoms with Crippen molar-refractivity contribution in [3.8, 4) is 0 Å². The molecule has 0 aromatic rings. The Kier molecular flexibility index (Phi) is 14.7. The summed E-state index contributed by atoms with van der Waals surface area (Å²) in [5, 5.41) is -0.0257. The summed E-state index contributed by atoms with van der Waals surface area (Å²) in [5.74, 6) is -0.200. The molecular formula is C16H30N2O6S. The van der Waals surface area contributed by atoms with Crippen molar-refractivity contribution in [2.24, 2.45) is 11.5 Å². The number of rotatable bonds is 15. The van der Waals surface area contributed by atoms with Crippen molar-refractivity contribution >= 4 is 28.6 Å². The largest absolute Gasteiger partial charge is 0.464 e. The number of hydrogen-bond donors (Lipinski definition) is 2. The van der Waals surface area contributed by atoms with Crippen LogP contribution in [-0.2, 0) is 28.6 Å². The average Bonchev–Trinajstić information content (AvgIpc) is 2.57. The quantitative estimate of drug-likeness (QED) is 0.304. The Hall–Kier alpha value is -1.00. The molecular weight excluding hydrogens is 348 g/mol. The third-order valence-corrected chi connectivity index (χ3v) is 3.89. The Morgan fingerprint density at radius 1 is 1.00 bits per heavy atom. The molecule has 0 fully saturated rings. The molecule has 0 aliphatic rings. The fourth-order valence-electron chi connectivity index (χ4n) is 1.60. The van der Waals surface area contributed by atoms with Gasteiger partial charge in [0.2, 0.25) is 0 Å². The number of ketones is 1. The second-order valence-corrected chi connectivity index (χ2v) is 6.71. The molecule has 0 aromatic heterocycles. The van der Waals surface area contributed by atoms with Crippen LogP contribution in [0.5, 0.6) is 0 Å². The number of nitrogens with two attached hydrogens (primary N) is 2. The SMILES string of the molecule is CCCCOC(=O)C(N)COCCOCC(N)C(=O)CCSC(C)=O. The highest BCUT2D eigenvalue weighted by Gasteiger charge is 2.15. The summed E-state index contributed by atoms with van der Waals surface area (Å²) in [5.41, 5.74) is 11.3. The second kappa shape index (κ2) is 15.3. The van der Waals surface area contributed by atoms with Crippen LogP contribution in [0.3, 0.4) is 0 Å². The molecule has 0 radical (unpaired) electrons. The van der Waals surface area contributed by atoms with E-state index in [1.165, 1.54) is 6.92 Å². The minimum Gasteiger partial charge on any atom is -0.464 e. The van der Waals surface area contributed by atoms with Crippen molar-refractivity contribution < 1.29 is 28.6 Å². The molecule has 0 aliphatic carbocycles. The molecule has 0 heterocycles. The molecule has 0 rings (SSSR count). The third-order valence-electron chi connectivity index (χ3n) is 3.08. The Labute approximate surface area is 153 Å². The van der Waals surface area contributed by atoms with Crippen molar-refractivity contribution in [3.63, 3.8) is 0 Å². The van der Waals surface area contributed by atoms with Crippen LogP contribution in [0.15, 0.2) is 0 Å². The van der Waals surface area contributed by atoms with E-state index in [1.54, 1.807) is 0 Å². The van der Waals surface area contributed by atoms with Gasteiger partial charge < -0.3 is 25.7 Å². The molecule has 2 atom stereocenters. The number of carbonyl (C=O) groups excluding carboxylic acids is 3. The number of unbranched alkanes of at least 4 members (excludes halogenated alkanes) is 1. The summed E-state index contributed by atoms with van der Waals surface area (Å²) in [6.07, 6.45) is 1.98. The van der Waals surface area contributed by atoms with E-state index >= 15 is 0 Å². The molecule has 0 aliphatic heterocycles. The normalized spacial score (nSPS) is 13.3. The number of ether oxygens (including phenoxy) is 3. The third kappa shape index (κ3) is 13.9. The summed E-state index contributed by atoms with van der Waals surface area (Å²) < 4.78 is 15.5. The van der Waals surface area contributed by atoms with Crippen LogP contribution < -0.4 is 11.5 Å². The molecule has 146 valence electrons. The minimum absolute atomic E-state index is 0.0257. The number of carbonyl (C=O) groups is 3. The molecule has 0 spiro atoms. The predicted octanol–water partition coefficient (Wildman–Crippen LogP) is 0.256. The zero-order valence-electron chi connectivity index (χ0n) is 15.0. The minimum atomic E-state index is -0.820. The number of Topliss-reactive ketones (excluding diaryl/α,β-unsaturated/α-hetero) is 1. The Morgan fingerprint density at radius 2 is 1.60 bits per heavy atom. The second-order valence-electron chi connectivity index (χ2n) is 5.44. The molecule has 4 N–H and O–H groups in total. The van der Waals surface area contributed by atoms with Gasteiger partial charge in [0, 0.05) is 19.1 Å². The van der Waals surface area contributed by atoms with Gasteiger partial charge in [-0.05, 0) is 6.42 Å². The van der Waals surface area contributed by atoms with Crippen molar-refractivity contribution in [1.82, 2.24) is 0 Å². The number of hydrogen-bond acceptors (Lipinski definition) is 9. The molecule has 0 bridgehead atoms. The average molecular weight is 378 g/mol. The van der Waals surface area contributed by atoms with Crippen LogP contribution in [0.25, 0.3) is 0 Å². The first-order chi connectivity index (χ1) is 11.9. The summed E-state index contributed by atoms with van der Waals surface area (Å²) in [6.45, 7) is 4.41. The van der Waals surface area contributed by atoms with E-state index in [9.17, 15) is 14.4 Å². The van der Waals surface area contributed by atoms with Gasteiger partial charge in [-0.3, -0.25) is 14.4 Å². The first kappa shape index (κ1) is 24.0. The van der Waals surface area contributed by atoms with Gasteiger partial charge in [-0.1, -0.05) is 25.1 Å². The van der Waals surface area contributed by atoms with Crippen LogP contribution in [0.2, 0.25) is 0 Å². The fourth-order valence-corrected chi connectivity index (χ4v) is 2.20. The lowest BCUT2D eigenvalue weighted by atomic mass is 10.2. The molecule has 8 nitrogen and oxygen atoms in total. The standard InChI is InChI=1S/C16H30N2O6S/c1-3-4-6-24-16(21)14(18)11-23-8-7-22-10-13(17)15(20)5-9-25-12(2)19/h13-14H,3-11,17-18H2,1-2H3. The van der Waals surface area contributed by atoms with E-state index in [-0.39, 0.29) is 43.7 Å². The van der Waals surface area contributed by atoms with Crippen LogP contribution in [-0.4, -0.2) is 67.7 Å². The Bertz CT molecular complexity index is 408. The van der Waals surface area contributed by atoms with Gasteiger partial charge in [0.25, 0.3) is 0 Å². The van der Waals surface area contributed by atoms with Gasteiger partial charge in [0.05, 0.1) is 39.1 Å². The Morgan fingerprint density at radius 3 is 2.16 bits per heavy atom. The lowest BCUT2D eigenvalue weighted by Crippen LogP contribution is -2.37. The zero-order valence-corrected chi connectivity index (χ0v) is 15.8. The monoisotopic (exact) mass is 378 g/mol. The van der Waals surface area contributed by atoms with Crippen LogP contribution in [0.4, 0.5) is 0 Å². The van der Waals surface area contributed by atoms with Gasteiger partial charge in [-0.2, -0.15) is 0 Å². The highest BCUT2D eigenvalue weighted by Crippen LogP contribution is 2.04. The number of esters is 1. The summed E-state index contributed by atoms with van der Waals surface area (Å²) in [4.78, 5) is 34.0. The highest BCUT2D eigenvalue weighted by molar-refractivity contribution is 8.13. The molecule has 25 heavy (non-hydrogen) atoms. The van der Waals surface area contributed by atoms with Crippen molar-refractivity contribution in [2.75, 3.05) is 38.8 Å². The van der Waals surface area contributed by atoms with Crippen molar-refractivity contribution in [2.45, 2.75) is 45.2 Å². The van der Waals surface area contributed by atoms with Crippen molar-refractivity contribution in [1.29, 1.82) is 0 Å². The molecule has 2 unspecified atom stereocenters. The van der Waals surface area contributed by atoms with Crippen molar-refractivity contribution in [3.05, 3.63) is 0 Å². The summed E-state index contributed by atoms with van der Waals surface area (Å²) >= 11 is 1.10. The van der Waals surface area contributed by atoms with E-state index in [1.807, 2.05) is 6.92 Å². The maximum atomic E-state index is 11.7. The molecule has 0 saturated carbocycles. The van der Waals surface area contributed by atoms with Gasteiger partial charge >= 0.3 is 5.97 Å². The highest BCUT2D eigenvalue weighted by atomic mass is 32.2. The first-order valence-electron chi connectivity index (χ1n) is 8.37.